The molecule has 0 bridgehead atoms. The van der Waals surface area contributed by atoms with Crippen molar-refractivity contribution >= 4 is 39.5 Å². The van der Waals surface area contributed by atoms with E-state index in [9.17, 15) is 0 Å². The van der Waals surface area contributed by atoms with Gasteiger partial charge in [-0.25, -0.2) is 0 Å². The van der Waals surface area contributed by atoms with E-state index in [4.69, 9.17) is 16.7 Å². The first-order valence-corrected chi connectivity index (χ1v) is 4.61. The Morgan fingerprint density at radius 2 is 2.20 bits per heavy atom. The first-order chi connectivity index (χ1) is 4.74. The van der Waals surface area contributed by atoms with Gasteiger partial charge in [-0.15, -0.1) is 0 Å². The van der Waals surface area contributed by atoms with Crippen molar-refractivity contribution in [2.75, 3.05) is 0 Å². The summed E-state index contributed by atoms with van der Waals surface area (Å²) in [6.07, 6.45) is 0. The molecule has 0 amide bonds. The van der Waals surface area contributed by atoms with E-state index in [1.54, 1.807) is 0 Å². The van der Waals surface area contributed by atoms with Crippen molar-refractivity contribution in [3.05, 3.63) is 27.7 Å². The zero-order valence-electron chi connectivity index (χ0n) is 4.97. The predicted molar refractivity (Wildman–Crippen MR) is 49.2 cm³/mol. The maximum Gasteiger partial charge on any atom is 0.0559 e. The quantitative estimate of drug-likeness (QED) is 0.761. The van der Waals surface area contributed by atoms with Gasteiger partial charge in [0.1, 0.15) is 0 Å². The Labute approximate surface area is 77.2 Å². The summed E-state index contributed by atoms with van der Waals surface area (Å²) >= 11 is 10.2. The molecule has 2 N–H and O–H groups in total. The van der Waals surface area contributed by atoms with Crippen molar-refractivity contribution in [1.82, 2.24) is 0 Å². The molecule has 0 atom stereocenters. The molecule has 0 saturated heterocycles. The predicted octanol–water partition coefficient (Wildman–Crippen LogP) is 3.07. The average Bonchev–Trinajstić information content (AvgIpc) is 1.95. The third kappa shape index (κ3) is 1.89. The van der Waals surface area contributed by atoms with Crippen molar-refractivity contribution in [1.29, 1.82) is 0 Å². The zero-order valence-corrected chi connectivity index (χ0v) is 8.13. The summed E-state index contributed by atoms with van der Waals surface area (Å²) in [6.45, 7) is 0. The smallest absolute Gasteiger partial charge is 0.0559 e. The number of rotatable bonds is 1. The molecule has 0 heterocycles. The van der Waals surface area contributed by atoms with Crippen LogP contribution in [0.25, 0.3) is 0 Å². The summed E-state index contributed by atoms with van der Waals surface area (Å²) < 4.78 is 0.895. The van der Waals surface area contributed by atoms with Crippen LogP contribution in [0.4, 0.5) is 0 Å². The second-order valence-corrected chi connectivity index (χ2v) is 3.66. The van der Waals surface area contributed by atoms with E-state index >= 15 is 0 Å². The Hall–Kier alpha value is 0.300. The SMILES string of the molecule is NSc1ccc(Br)c(Cl)c1. The lowest BCUT2D eigenvalue weighted by molar-refractivity contribution is 1.44. The van der Waals surface area contributed by atoms with Crippen LogP contribution in [0.5, 0.6) is 0 Å². The van der Waals surface area contributed by atoms with Crippen molar-refractivity contribution in [2.24, 2.45) is 5.14 Å². The van der Waals surface area contributed by atoms with Gasteiger partial charge in [-0.05, 0) is 46.1 Å². The number of hydrogen-bond acceptors (Lipinski definition) is 2. The third-order valence-electron chi connectivity index (χ3n) is 1.03. The highest BCUT2D eigenvalue weighted by Gasteiger charge is 1.96. The van der Waals surface area contributed by atoms with E-state index in [2.05, 4.69) is 15.9 Å². The van der Waals surface area contributed by atoms with Crippen LogP contribution in [-0.2, 0) is 0 Å². The molecule has 1 nitrogen and oxygen atoms in total. The van der Waals surface area contributed by atoms with Gasteiger partial charge < -0.3 is 0 Å². The van der Waals surface area contributed by atoms with Crippen LogP contribution in [0.1, 0.15) is 0 Å². The fraction of sp³-hybridized carbons (Fsp3) is 0. The topological polar surface area (TPSA) is 26.0 Å². The van der Waals surface area contributed by atoms with Gasteiger partial charge in [-0.3, -0.25) is 5.14 Å². The number of hydrogen-bond donors (Lipinski definition) is 1. The third-order valence-corrected chi connectivity index (χ3v) is 2.79. The van der Waals surface area contributed by atoms with Crippen LogP contribution in [0.2, 0.25) is 5.02 Å². The summed E-state index contributed by atoms with van der Waals surface area (Å²) in [6, 6.07) is 5.59. The molecule has 1 aromatic carbocycles. The minimum atomic E-state index is 0.690. The highest BCUT2D eigenvalue weighted by molar-refractivity contribution is 9.10. The van der Waals surface area contributed by atoms with Gasteiger partial charge in [0.25, 0.3) is 0 Å². The molecule has 4 heteroatoms. The van der Waals surface area contributed by atoms with Crippen molar-refractivity contribution < 1.29 is 0 Å². The minimum absolute atomic E-state index is 0.690. The summed E-state index contributed by atoms with van der Waals surface area (Å²) in [7, 11) is 0. The van der Waals surface area contributed by atoms with Gasteiger partial charge >= 0.3 is 0 Å². The lowest BCUT2D eigenvalue weighted by Crippen LogP contribution is -1.78. The first kappa shape index (κ1) is 8.40. The summed E-state index contributed by atoms with van der Waals surface area (Å²) in [5.41, 5.74) is 0. The number of nitrogens with two attached hydrogens (primary N) is 1. The molecule has 0 unspecified atom stereocenters. The Bertz CT molecular complexity index is 241. The molecule has 0 aliphatic carbocycles. The van der Waals surface area contributed by atoms with E-state index in [0.717, 1.165) is 9.37 Å². The van der Waals surface area contributed by atoms with E-state index in [0.29, 0.717) is 5.02 Å². The van der Waals surface area contributed by atoms with Crippen LogP contribution in [-0.4, -0.2) is 0 Å². The molecular formula is C6H5BrClNS. The fourth-order valence-electron chi connectivity index (χ4n) is 0.550. The lowest BCUT2D eigenvalue weighted by atomic mass is 10.4. The molecule has 0 aliphatic heterocycles. The lowest BCUT2D eigenvalue weighted by Gasteiger charge is -1.97. The van der Waals surface area contributed by atoms with E-state index < -0.39 is 0 Å². The van der Waals surface area contributed by atoms with E-state index in [-0.39, 0.29) is 0 Å². The van der Waals surface area contributed by atoms with Crippen LogP contribution in [0, 0.1) is 0 Å². The Kier molecular flexibility index (Phi) is 3.04. The van der Waals surface area contributed by atoms with E-state index in [1.165, 1.54) is 11.9 Å². The molecule has 1 rings (SSSR count). The maximum atomic E-state index is 5.78. The highest BCUT2D eigenvalue weighted by Crippen LogP contribution is 2.25. The maximum absolute atomic E-state index is 5.78. The van der Waals surface area contributed by atoms with Crippen molar-refractivity contribution in [3.8, 4) is 0 Å². The van der Waals surface area contributed by atoms with Gasteiger partial charge in [0, 0.05) is 9.37 Å². The molecule has 54 valence electrons. The second kappa shape index (κ2) is 3.62. The van der Waals surface area contributed by atoms with Crippen molar-refractivity contribution in [3.63, 3.8) is 0 Å². The van der Waals surface area contributed by atoms with Gasteiger partial charge in [0.15, 0.2) is 0 Å². The molecule has 0 aliphatic rings. The van der Waals surface area contributed by atoms with Crippen LogP contribution in [0.15, 0.2) is 27.6 Å². The van der Waals surface area contributed by atoms with Gasteiger partial charge in [-0.1, -0.05) is 11.6 Å². The van der Waals surface area contributed by atoms with Gasteiger partial charge in [0.2, 0.25) is 0 Å². The Balaban J connectivity index is 3.04. The van der Waals surface area contributed by atoms with Gasteiger partial charge in [-0.2, -0.15) is 0 Å². The Morgan fingerprint density at radius 1 is 1.50 bits per heavy atom. The first-order valence-electron chi connectivity index (χ1n) is 2.56. The monoisotopic (exact) mass is 237 g/mol. The molecule has 0 aromatic heterocycles. The molecule has 1 aromatic rings. The second-order valence-electron chi connectivity index (χ2n) is 1.69. The fourth-order valence-corrected chi connectivity index (χ4v) is 1.37. The molecule has 0 radical (unpaired) electrons. The normalized spacial score (nSPS) is 9.90. The van der Waals surface area contributed by atoms with Crippen molar-refractivity contribution in [2.45, 2.75) is 4.90 Å². The number of halogens is 2. The molecule has 10 heavy (non-hydrogen) atoms. The Morgan fingerprint density at radius 3 is 2.70 bits per heavy atom. The minimum Gasteiger partial charge on any atom is -0.274 e. The highest BCUT2D eigenvalue weighted by atomic mass is 79.9. The van der Waals surface area contributed by atoms with E-state index in [1.807, 2.05) is 18.2 Å². The van der Waals surface area contributed by atoms with Crippen LogP contribution in [0.3, 0.4) is 0 Å². The molecule has 0 saturated carbocycles. The van der Waals surface area contributed by atoms with Gasteiger partial charge in [0.05, 0.1) is 5.02 Å². The largest absolute Gasteiger partial charge is 0.274 e. The summed E-state index contributed by atoms with van der Waals surface area (Å²) in [5.74, 6) is 0. The molecule has 0 spiro atoms. The zero-order chi connectivity index (χ0) is 7.56. The van der Waals surface area contributed by atoms with Crippen LogP contribution < -0.4 is 5.14 Å². The standard InChI is InChI=1S/C6H5BrClNS/c7-5-2-1-4(10-9)3-6(5)8/h1-3H,9H2. The number of benzene rings is 1. The van der Waals surface area contributed by atoms with Crippen LogP contribution >= 0.6 is 39.5 Å². The molecule has 0 fully saturated rings. The summed E-state index contributed by atoms with van der Waals surface area (Å²) in [5, 5.41) is 6.00. The summed E-state index contributed by atoms with van der Waals surface area (Å²) in [4.78, 5) is 0.966. The molecular weight excluding hydrogens is 233 g/mol. The average molecular weight is 239 g/mol.